The van der Waals surface area contributed by atoms with E-state index in [1.54, 1.807) is 13.2 Å². The van der Waals surface area contributed by atoms with Gasteiger partial charge in [-0.25, -0.2) is 4.39 Å². The highest BCUT2D eigenvalue weighted by Crippen LogP contribution is 2.25. The lowest BCUT2D eigenvalue weighted by atomic mass is 10.1. The Morgan fingerprint density at radius 1 is 1.50 bits per heavy atom. The third-order valence-electron chi connectivity index (χ3n) is 2.65. The summed E-state index contributed by atoms with van der Waals surface area (Å²) in [6.45, 7) is 3.44. The monoisotopic (exact) mass is 226 g/mol. The SMILES string of the molecule is CCC(CN)CNc1cc(F)ccc1OC. The van der Waals surface area contributed by atoms with Gasteiger partial charge in [-0.2, -0.15) is 0 Å². The van der Waals surface area contributed by atoms with E-state index in [2.05, 4.69) is 12.2 Å². The molecule has 0 heterocycles. The molecule has 0 bridgehead atoms. The van der Waals surface area contributed by atoms with Crippen LogP contribution in [-0.2, 0) is 0 Å². The molecule has 0 aromatic heterocycles. The van der Waals surface area contributed by atoms with Gasteiger partial charge in [0.2, 0.25) is 0 Å². The first-order valence-corrected chi connectivity index (χ1v) is 5.48. The smallest absolute Gasteiger partial charge is 0.142 e. The Morgan fingerprint density at radius 3 is 2.81 bits per heavy atom. The molecular weight excluding hydrogens is 207 g/mol. The van der Waals surface area contributed by atoms with E-state index in [0.29, 0.717) is 23.9 Å². The van der Waals surface area contributed by atoms with Gasteiger partial charge < -0.3 is 15.8 Å². The summed E-state index contributed by atoms with van der Waals surface area (Å²) in [5.41, 5.74) is 6.28. The topological polar surface area (TPSA) is 47.3 Å². The Morgan fingerprint density at radius 2 is 2.25 bits per heavy atom. The van der Waals surface area contributed by atoms with E-state index in [9.17, 15) is 4.39 Å². The van der Waals surface area contributed by atoms with Crippen molar-refractivity contribution in [3.8, 4) is 5.75 Å². The highest BCUT2D eigenvalue weighted by Gasteiger charge is 2.07. The van der Waals surface area contributed by atoms with Crippen LogP contribution >= 0.6 is 0 Å². The van der Waals surface area contributed by atoms with Crippen molar-refractivity contribution in [3.63, 3.8) is 0 Å². The maximum Gasteiger partial charge on any atom is 0.142 e. The Bertz CT molecular complexity index is 327. The summed E-state index contributed by atoms with van der Waals surface area (Å²) in [5.74, 6) is 0.769. The molecule has 0 amide bonds. The first-order valence-electron chi connectivity index (χ1n) is 5.48. The lowest BCUT2D eigenvalue weighted by Gasteiger charge is -2.16. The second-order valence-electron chi connectivity index (χ2n) is 3.74. The number of halogens is 1. The van der Waals surface area contributed by atoms with E-state index in [-0.39, 0.29) is 5.82 Å². The molecule has 1 unspecified atom stereocenters. The van der Waals surface area contributed by atoms with Crippen LogP contribution in [0.15, 0.2) is 18.2 Å². The summed E-state index contributed by atoms with van der Waals surface area (Å²) in [7, 11) is 1.57. The highest BCUT2D eigenvalue weighted by molar-refractivity contribution is 5.56. The normalized spacial score (nSPS) is 12.2. The van der Waals surface area contributed by atoms with E-state index in [1.165, 1.54) is 12.1 Å². The van der Waals surface area contributed by atoms with Crippen molar-refractivity contribution in [2.24, 2.45) is 11.7 Å². The van der Waals surface area contributed by atoms with E-state index >= 15 is 0 Å². The van der Waals surface area contributed by atoms with Gasteiger partial charge >= 0.3 is 0 Å². The molecule has 3 N–H and O–H groups in total. The number of hydrogen-bond acceptors (Lipinski definition) is 3. The minimum absolute atomic E-state index is 0.274. The summed E-state index contributed by atoms with van der Waals surface area (Å²) in [6.07, 6.45) is 1.00. The minimum Gasteiger partial charge on any atom is -0.495 e. The van der Waals surface area contributed by atoms with Crippen LogP contribution in [0.4, 0.5) is 10.1 Å². The van der Waals surface area contributed by atoms with Crippen LogP contribution in [0.3, 0.4) is 0 Å². The molecule has 0 spiro atoms. The molecule has 0 saturated carbocycles. The largest absolute Gasteiger partial charge is 0.495 e. The van der Waals surface area contributed by atoms with E-state index < -0.39 is 0 Å². The molecule has 0 aliphatic carbocycles. The molecule has 1 aromatic carbocycles. The van der Waals surface area contributed by atoms with Crippen molar-refractivity contribution in [3.05, 3.63) is 24.0 Å². The van der Waals surface area contributed by atoms with Gasteiger partial charge in [-0.3, -0.25) is 0 Å². The molecule has 0 fully saturated rings. The van der Waals surface area contributed by atoms with Crippen molar-refractivity contribution in [1.82, 2.24) is 0 Å². The third kappa shape index (κ3) is 3.38. The number of nitrogens with two attached hydrogens (primary N) is 1. The van der Waals surface area contributed by atoms with Crippen LogP contribution < -0.4 is 15.8 Å². The summed E-state index contributed by atoms with van der Waals surface area (Å²) in [5, 5.41) is 3.16. The molecule has 3 nitrogen and oxygen atoms in total. The fourth-order valence-corrected chi connectivity index (χ4v) is 1.47. The third-order valence-corrected chi connectivity index (χ3v) is 2.65. The molecule has 1 atom stereocenters. The van der Waals surface area contributed by atoms with Crippen LogP contribution in [-0.4, -0.2) is 20.2 Å². The van der Waals surface area contributed by atoms with Crippen LogP contribution in [0.5, 0.6) is 5.75 Å². The quantitative estimate of drug-likeness (QED) is 0.782. The van der Waals surface area contributed by atoms with Crippen molar-refractivity contribution in [1.29, 1.82) is 0 Å². The minimum atomic E-state index is -0.274. The van der Waals surface area contributed by atoms with Gasteiger partial charge in [0.05, 0.1) is 12.8 Å². The van der Waals surface area contributed by atoms with Gasteiger partial charge in [0, 0.05) is 12.6 Å². The van der Waals surface area contributed by atoms with Crippen LogP contribution in [0.1, 0.15) is 13.3 Å². The molecule has 0 aliphatic rings. The number of hydrogen-bond donors (Lipinski definition) is 2. The predicted octanol–water partition coefficient (Wildman–Crippen LogP) is 2.23. The zero-order chi connectivity index (χ0) is 12.0. The molecular formula is C12H19FN2O. The summed E-state index contributed by atoms with van der Waals surface area (Å²) in [4.78, 5) is 0. The molecule has 0 radical (unpaired) electrons. The van der Waals surface area contributed by atoms with Gasteiger partial charge in [-0.05, 0) is 24.6 Å². The average molecular weight is 226 g/mol. The van der Waals surface area contributed by atoms with Gasteiger partial charge in [-0.15, -0.1) is 0 Å². The molecule has 90 valence electrons. The maximum absolute atomic E-state index is 13.1. The molecule has 0 aliphatic heterocycles. The average Bonchev–Trinajstić information content (AvgIpc) is 2.30. The van der Waals surface area contributed by atoms with Crippen LogP contribution in [0.2, 0.25) is 0 Å². The Balaban J connectivity index is 2.68. The number of nitrogens with one attached hydrogen (secondary N) is 1. The van der Waals surface area contributed by atoms with E-state index in [0.717, 1.165) is 13.0 Å². The zero-order valence-electron chi connectivity index (χ0n) is 9.79. The Labute approximate surface area is 95.8 Å². The van der Waals surface area contributed by atoms with Gasteiger partial charge in [0.1, 0.15) is 11.6 Å². The summed E-state index contributed by atoms with van der Waals surface area (Å²) >= 11 is 0. The lowest BCUT2D eigenvalue weighted by Crippen LogP contribution is -2.22. The number of benzene rings is 1. The van der Waals surface area contributed by atoms with Gasteiger partial charge in [0.15, 0.2) is 0 Å². The van der Waals surface area contributed by atoms with Crippen molar-refractivity contribution < 1.29 is 9.13 Å². The number of methoxy groups -OCH3 is 1. The zero-order valence-corrected chi connectivity index (χ0v) is 9.79. The molecule has 1 aromatic rings. The molecule has 1 rings (SSSR count). The van der Waals surface area contributed by atoms with Crippen LogP contribution in [0, 0.1) is 11.7 Å². The van der Waals surface area contributed by atoms with Crippen molar-refractivity contribution in [2.75, 3.05) is 25.5 Å². The maximum atomic E-state index is 13.1. The second kappa shape index (κ2) is 6.33. The highest BCUT2D eigenvalue weighted by atomic mass is 19.1. The Kier molecular flexibility index (Phi) is 5.05. The molecule has 0 saturated heterocycles. The predicted molar refractivity (Wildman–Crippen MR) is 64.3 cm³/mol. The van der Waals surface area contributed by atoms with E-state index in [4.69, 9.17) is 10.5 Å². The van der Waals surface area contributed by atoms with Gasteiger partial charge in [-0.1, -0.05) is 13.3 Å². The number of ether oxygens (including phenoxy) is 1. The summed E-state index contributed by atoms with van der Waals surface area (Å²) in [6, 6.07) is 4.42. The lowest BCUT2D eigenvalue weighted by molar-refractivity contribution is 0.415. The standard InChI is InChI=1S/C12H19FN2O/c1-3-9(7-14)8-15-11-6-10(13)4-5-12(11)16-2/h4-6,9,15H,3,7-8,14H2,1-2H3. The van der Waals surface area contributed by atoms with Crippen LogP contribution in [0.25, 0.3) is 0 Å². The Hall–Kier alpha value is -1.29. The fraction of sp³-hybridized carbons (Fsp3) is 0.500. The summed E-state index contributed by atoms with van der Waals surface area (Å²) < 4.78 is 18.2. The first kappa shape index (κ1) is 12.8. The number of rotatable bonds is 6. The van der Waals surface area contributed by atoms with Gasteiger partial charge in [0.25, 0.3) is 0 Å². The molecule has 4 heteroatoms. The second-order valence-corrected chi connectivity index (χ2v) is 3.74. The number of anilines is 1. The van der Waals surface area contributed by atoms with Crippen molar-refractivity contribution in [2.45, 2.75) is 13.3 Å². The van der Waals surface area contributed by atoms with E-state index in [1.807, 2.05) is 0 Å². The fourth-order valence-electron chi connectivity index (χ4n) is 1.47. The first-order chi connectivity index (χ1) is 7.71. The molecule has 16 heavy (non-hydrogen) atoms. The van der Waals surface area contributed by atoms with Crippen molar-refractivity contribution >= 4 is 5.69 Å².